The molecular formula is C24H17ClFN5O3S. The summed E-state index contributed by atoms with van der Waals surface area (Å²) in [5, 5.41) is 2.79. The van der Waals surface area contributed by atoms with Gasteiger partial charge in [-0.3, -0.25) is 9.20 Å². The molecule has 0 fully saturated rings. The Morgan fingerprint density at radius 3 is 2.51 bits per heavy atom. The summed E-state index contributed by atoms with van der Waals surface area (Å²) in [6.45, 7) is 1.76. The highest BCUT2D eigenvalue weighted by molar-refractivity contribution is 7.90. The number of hydrogen-bond acceptors (Lipinski definition) is 6. The molecule has 2 aromatic carbocycles. The van der Waals surface area contributed by atoms with E-state index >= 15 is 4.39 Å². The van der Waals surface area contributed by atoms with Gasteiger partial charge in [0, 0.05) is 29.8 Å². The van der Waals surface area contributed by atoms with E-state index in [0.29, 0.717) is 33.4 Å². The molecule has 5 rings (SSSR count). The van der Waals surface area contributed by atoms with Crippen molar-refractivity contribution in [1.82, 2.24) is 19.4 Å². The first-order chi connectivity index (χ1) is 16.6. The van der Waals surface area contributed by atoms with Crippen molar-refractivity contribution in [3.05, 3.63) is 83.0 Å². The van der Waals surface area contributed by atoms with Crippen molar-refractivity contribution in [1.29, 1.82) is 0 Å². The third kappa shape index (κ3) is 4.11. The molecule has 0 aliphatic rings. The fourth-order valence-corrected chi connectivity index (χ4v) is 4.58. The van der Waals surface area contributed by atoms with Crippen molar-refractivity contribution in [2.24, 2.45) is 0 Å². The predicted octanol–water partition coefficient (Wildman–Crippen LogP) is 4.70. The van der Waals surface area contributed by atoms with Gasteiger partial charge in [0.1, 0.15) is 11.5 Å². The summed E-state index contributed by atoms with van der Waals surface area (Å²) >= 11 is 6.71. The zero-order valence-corrected chi connectivity index (χ0v) is 20.0. The highest BCUT2D eigenvalue weighted by Crippen LogP contribution is 2.38. The minimum Gasteiger partial charge on any atom is -0.319 e. The number of nitrogens with one attached hydrogen (secondary N) is 1. The molecule has 0 bridgehead atoms. The first-order valence-electron chi connectivity index (χ1n) is 10.3. The predicted molar refractivity (Wildman–Crippen MR) is 131 cm³/mol. The van der Waals surface area contributed by atoms with Gasteiger partial charge in [0.2, 0.25) is 15.0 Å². The third-order valence-electron chi connectivity index (χ3n) is 5.35. The van der Waals surface area contributed by atoms with E-state index in [1.54, 1.807) is 53.9 Å². The Bertz CT molecular complexity index is 1750. The molecule has 5 aromatic rings. The normalized spacial score (nSPS) is 11.8. The standard InChI is InChI=1S/C24H17ClFN5O3S/c1-13-12-31-21-16(11-27-24(30-21)35(2,33)34)20(25)19(22(31)28-13)15-8-9-18(17(26)10-15)29-23(32)14-6-4-3-5-7-14/h3-12H,1-2H3,(H,29,32). The number of halogens is 2. The number of nitrogens with zero attached hydrogens (tertiary/aromatic N) is 4. The molecule has 0 saturated heterocycles. The van der Waals surface area contributed by atoms with E-state index in [-0.39, 0.29) is 21.5 Å². The van der Waals surface area contributed by atoms with Crippen LogP contribution in [0.2, 0.25) is 5.02 Å². The van der Waals surface area contributed by atoms with Crippen molar-refractivity contribution < 1.29 is 17.6 Å². The number of aromatic nitrogens is 4. The van der Waals surface area contributed by atoms with E-state index in [4.69, 9.17) is 11.6 Å². The van der Waals surface area contributed by atoms with Gasteiger partial charge in [-0.2, -0.15) is 4.98 Å². The lowest BCUT2D eigenvalue weighted by Gasteiger charge is -2.13. The van der Waals surface area contributed by atoms with Crippen LogP contribution >= 0.6 is 11.6 Å². The smallest absolute Gasteiger partial charge is 0.255 e. The zero-order valence-electron chi connectivity index (χ0n) is 18.5. The maximum absolute atomic E-state index is 15.1. The minimum atomic E-state index is -3.65. The maximum atomic E-state index is 15.1. The van der Waals surface area contributed by atoms with Crippen LogP contribution in [0.5, 0.6) is 0 Å². The van der Waals surface area contributed by atoms with E-state index in [0.717, 1.165) is 6.26 Å². The Balaban J connectivity index is 1.64. The number of pyridine rings is 1. The van der Waals surface area contributed by atoms with Gasteiger partial charge in [-0.1, -0.05) is 35.9 Å². The largest absolute Gasteiger partial charge is 0.319 e. The highest BCUT2D eigenvalue weighted by atomic mass is 35.5. The molecule has 1 amide bonds. The quantitative estimate of drug-likeness (QED) is 0.352. The molecule has 35 heavy (non-hydrogen) atoms. The summed E-state index contributed by atoms with van der Waals surface area (Å²) < 4.78 is 40.6. The molecule has 0 unspecified atom stereocenters. The first kappa shape index (κ1) is 22.9. The molecule has 0 atom stereocenters. The summed E-state index contributed by atoms with van der Waals surface area (Å²) in [6, 6.07) is 12.8. The molecular weight excluding hydrogens is 493 g/mol. The van der Waals surface area contributed by atoms with E-state index in [2.05, 4.69) is 20.3 Å². The highest BCUT2D eigenvalue weighted by Gasteiger charge is 2.21. The summed E-state index contributed by atoms with van der Waals surface area (Å²) in [5.41, 5.74) is 2.50. The molecule has 0 radical (unpaired) electrons. The number of amides is 1. The molecule has 3 aromatic heterocycles. The number of fused-ring (bicyclic) bond motifs is 3. The fourth-order valence-electron chi connectivity index (χ4n) is 3.75. The number of hydrogen-bond donors (Lipinski definition) is 1. The number of rotatable bonds is 4. The topological polar surface area (TPSA) is 106 Å². The van der Waals surface area contributed by atoms with Gasteiger partial charge in [0.25, 0.3) is 5.91 Å². The second-order valence-electron chi connectivity index (χ2n) is 7.94. The number of anilines is 1. The minimum absolute atomic E-state index is 0.0104. The van der Waals surface area contributed by atoms with Crippen LogP contribution < -0.4 is 5.32 Å². The van der Waals surface area contributed by atoms with Crippen LogP contribution in [-0.4, -0.2) is 39.9 Å². The van der Waals surface area contributed by atoms with Crippen LogP contribution in [0.25, 0.3) is 27.8 Å². The molecule has 0 spiro atoms. The molecule has 0 aliphatic heterocycles. The fraction of sp³-hybridized carbons (Fsp3) is 0.0833. The molecule has 3 heterocycles. The summed E-state index contributed by atoms with van der Waals surface area (Å²) in [7, 11) is -3.65. The second-order valence-corrected chi connectivity index (χ2v) is 10.2. The third-order valence-corrected chi connectivity index (χ3v) is 6.61. The van der Waals surface area contributed by atoms with Gasteiger partial charge < -0.3 is 5.32 Å². The van der Waals surface area contributed by atoms with Crippen LogP contribution in [0.3, 0.4) is 0 Å². The average Bonchev–Trinajstić information content (AvgIpc) is 3.21. The van der Waals surface area contributed by atoms with Crippen molar-refractivity contribution in [3.8, 4) is 11.1 Å². The maximum Gasteiger partial charge on any atom is 0.255 e. The molecule has 0 aliphatic carbocycles. The molecule has 0 saturated carbocycles. The number of sulfone groups is 1. The Kier molecular flexibility index (Phi) is 5.49. The van der Waals surface area contributed by atoms with Crippen LogP contribution in [0.1, 0.15) is 16.1 Å². The lowest BCUT2D eigenvalue weighted by atomic mass is 10.0. The van der Waals surface area contributed by atoms with Gasteiger partial charge in [-0.15, -0.1) is 0 Å². The lowest BCUT2D eigenvalue weighted by Crippen LogP contribution is -2.12. The zero-order chi connectivity index (χ0) is 24.9. The van der Waals surface area contributed by atoms with Gasteiger partial charge in [-0.05, 0) is 36.8 Å². The van der Waals surface area contributed by atoms with Crippen molar-refractivity contribution in [2.75, 3.05) is 11.6 Å². The Morgan fingerprint density at radius 2 is 1.83 bits per heavy atom. The van der Waals surface area contributed by atoms with Gasteiger partial charge in [-0.25, -0.2) is 22.8 Å². The van der Waals surface area contributed by atoms with Crippen molar-refractivity contribution in [3.63, 3.8) is 0 Å². The van der Waals surface area contributed by atoms with Crippen molar-refractivity contribution >= 4 is 49.7 Å². The first-order valence-corrected chi connectivity index (χ1v) is 12.6. The number of benzene rings is 2. The number of aryl methyl sites for hydroxylation is 1. The van der Waals surface area contributed by atoms with E-state index in [1.165, 1.54) is 18.3 Å². The van der Waals surface area contributed by atoms with Crippen LogP contribution in [-0.2, 0) is 9.84 Å². The lowest BCUT2D eigenvalue weighted by molar-refractivity contribution is 0.102. The Hall–Kier alpha value is -3.89. The van der Waals surface area contributed by atoms with E-state index < -0.39 is 21.6 Å². The Labute approximate surface area is 204 Å². The Morgan fingerprint density at radius 1 is 1.09 bits per heavy atom. The summed E-state index contributed by atoms with van der Waals surface area (Å²) in [4.78, 5) is 25.1. The second kappa shape index (κ2) is 8.40. The number of carbonyl (C=O) groups excluding carboxylic acids is 1. The molecule has 1 N–H and O–H groups in total. The van der Waals surface area contributed by atoms with Gasteiger partial charge in [0.05, 0.1) is 21.8 Å². The van der Waals surface area contributed by atoms with Crippen molar-refractivity contribution in [2.45, 2.75) is 12.1 Å². The summed E-state index contributed by atoms with van der Waals surface area (Å²) in [5.74, 6) is -1.10. The van der Waals surface area contributed by atoms with Gasteiger partial charge in [0.15, 0.2) is 5.65 Å². The average molecular weight is 510 g/mol. The SMILES string of the molecule is Cc1cn2c(n1)c(-c1ccc(NC(=O)c3ccccc3)c(F)c1)c(Cl)c1cnc(S(C)(=O)=O)nc12. The number of imidazole rings is 1. The van der Waals surface area contributed by atoms with Gasteiger partial charge >= 0.3 is 0 Å². The monoisotopic (exact) mass is 509 g/mol. The van der Waals surface area contributed by atoms with Crippen LogP contribution in [0, 0.1) is 12.7 Å². The van der Waals surface area contributed by atoms with E-state index in [1.807, 2.05) is 0 Å². The van der Waals surface area contributed by atoms with Crippen LogP contribution in [0.15, 0.2) is 66.1 Å². The van der Waals surface area contributed by atoms with Crippen LogP contribution in [0.4, 0.5) is 10.1 Å². The molecule has 11 heteroatoms. The molecule has 176 valence electrons. The summed E-state index contributed by atoms with van der Waals surface area (Å²) in [6.07, 6.45) is 4.02. The number of carbonyl (C=O) groups is 1. The van der Waals surface area contributed by atoms with E-state index in [9.17, 15) is 13.2 Å². The molecule has 8 nitrogen and oxygen atoms in total.